The molecule has 2 aromatic carbocycles. The minimum absolute atomic E-state index is 0.129. The summed E-state index contributed by atoms with van der Waals surface area (Å²) in [5, 5.41) is 20.0. The monoisotopic (exact) mass is 312 g/mol. The second kappa shape index (κ2) is 7.14. The van der Waals surface area contributed by atoms with E-state index in [1.807, 2.05) is 13.0 Å². The van der Waals surface area contributed by atoms with Crippen molar-refractivity contribution in [3.63, 3.8) is 0 Å². The third-order valence-electron chi connectivity index (χ3n) is 3.95. The Labute approximate surface area is 136 Å². The van der Waals surface area contributed by atoms with E-state index in [2.05, 4.69) is 13.2 Å². The van der Waals surface area contributed by atoms with Crippen molar-refractivity contribution in [2.45, 2.75) is 26.2 Å². The van der Waals surface area contributed by atoms with Gasteiger partial charge in [0.25, 0.3) is 0 Å². The van der Waals surface area contributed by atoms with E-state index in [1.165, 1.54) is 12.1 Å². The molecule has 3 heteroatoms. The number of phenolic OH excluding ortho intramolecular Hbond substituents is 2. The summed E-state index contributed by atoms with van der Waals surface area (Å²) in [6, 6.07) is 6.00. The Morgan fingerprint density at radius 3 is 2.26 bits per heavy atom. The Kier molecular flexibility index (Phi) is 5.22. The van der Waals surface area contributed by atoms with Crippen LogP contribution in [0.25, 0.3) is 11.1 Å². The van der Waals surface area contributed by atoms with Crippen molar-refractivity contribution in [2.75, 3.05) is 0 Å². The Hall–Kier alpha value is -2.55. The van der Waals surface area contributed by atoms with Gasteiger partial charge in [-0.25, -0.2) is 4.39 Å². The number of allylic oxidation sites excluding steroid dienone is 2. The van der Waals surface area contributed by atoms with Crippen molar-refractivity contribution >= 4 is 0 Å². The van der Waals surface area contributed by atoms with E-state index in [9.17, 15) is 14.6 Å². The highest BCUT2D eigenvalue weighted by molar-refractivity contribution is 5.75. The van der Waals surface area contributed by atoms with Gasteiger partial charge in [-0.05, 0) is 54.2 Å². The maximum Gasteiger partial charge on any atom is 0.165 e. The fraction of sp³-hybridized carbons (Fsp3) is 0.200. The molecular formula is C20H21FO2. The van der Waals surface area contributed by atoms with Crippen LogP contribution in [0, 0.1) is 5.82 Å². The molecule has 0 fully saturated rings. The summed E-state index contributed by atoms with van der Waals surface area (Å²) in [5.74, 6) is -0.983. The molecule has 0 aliphatic carbocycles. The van der Waals surface area contributed by atoms with E-state index in [1.54, 1.807) is 18.2 Å². The van der Waals surface area contributed by atoms with Gasteiger partial charge < -0.3 is 10.2 Å². The zero-order chi connectivity index (χ0) is 17.0. The standard InChI is InChI=1S/C20H21FO2/c1-4-7-15-13(6-3)11-17(20(23)16(15)8-5-2)14-9-10-19(22)18(21)12-14/h4-5,9-12,22-23H,1-2,6-8H2,3H3. The average Bonchev–Trinajstić information content (AvgIpc) is 2.54. The van der Waals surface area contributed by atoms with Crippen LogP contribution in [0.5, 0.6) is 11.5 Å². The van der Waals surface area contributed by atoms with Crippen LogP contribution in [0.2, 0.25) is 0 Å². The number of benzene rings is 2. The number of rotatable bonds is 6. The second-order valence-corrected chi connectivity index (χ2v) is 5.39. The quantitative estimate of drug-likeness (QED) is 0.743. The second-order valence-electron chi connectivity index (χ2n) is 5.39. The molecule has 0 aliphatic heterocycles. The van der Waals surface area contributed by atoms with E-state index in [0.29, 0.717) is 24.0 Å². The molecule has 0 aromatic heterocycles. The maximum absolute atomic E-state index is 13.7. The van der Waals surface area contributed by atoms with Crippen LogP contribution < -0.4 is 0 Å². The van der Waals surface area contributed by atoms with Crippen LogP contribution in [0.3, 0.4) is 0 Å². The fourth-order valence-corrected chi connectivity index (χ4v) is 2.80. The summed E-state index contributed by atoms with van der Waals surface area (Å²) in [7, 11) is 0. The first-order valence-electron chi connectivity index (χ1n) is 7.60. The molecule has 2 rings (SSSR count). The summed E-state index contributed by atoms with van der Waals surface area (Å²) >= 11 is 0. The number of aryl methyl sites for hydroxylation is 1. The van der Waals surface area contributed by atoms with Gasteiger partial charge in [0.2, 0.25) is 0 Å². The summed E-state index contributed by atoms with van der Waals surface area (Å²) in [4.78, 5) is 0. The van der Waals surface area contributed by atoms with Crippen LogP contribution in [0.1, 0.15) is 23.6 Å². The molecule has 0 bridgehead atoms. The number of hydrogen-bond donors (Lipinski definition) is 2. The molecule has 0 unspecified atom stereocenters. The topological polar surface area (TPSA) is 40.5 Å². The minimum atomic E-state index is -0.708. The Bertz CT molecular complexity index is 748. The molecular weight excluding hydrogens is 291 g/mol. The smallest absolute Gasteiger partial charge is 0.165 e. The lowest BCUT2D eigenvalue weighted by molar-refractivity contribution is 0.432. The van der Waals surface area contributed by atoms with Crippen LogP contribution in [-0.4, -0.2) is 10.2 Å². The molecule has 2 nitrogen and oxygen atoms in total. The molecule has 23 heavy (non-hydrogen) atoms. The van der Waals surface area contributed by atoms with Crippen molar-refractivity contribution in [1.82, 2.24) is 0 Å². The van der Waals surface area contributed by atoms with Crippen molar-refractivity contribution < 1.29 is 14.6 Å². The zero-order valence-corrected chi connectivity index (χ0v) is 13.3. The maximum atomic E-state index is 13.7. The summed E-state index contributed by atoms with van der Waals surface area (Å²) < 4.78 is 13.7. The molecule has 0 radical (unpaired) electrons. The van der Waals surface area contributed by atoms with E-state index < -0.39 is 11.6 Å². The lowest BCUT2D eigenvalue weighted by atomic mass is 9.89. The van der Waals surface area contributed by atoms with Crippen molar-refractivity contribution in [3.8, 4) is 22.6 Å². The first-order chi connectivity index (χ1) is 11.0. The third-order valence-corrected chi connectivity index (χ3v) is 3.95. The molecule has 0 amide bonds. The molecule has 0 atom stereocenters. The van der Waals surface area contributed by atoms with Gasteiger partial charge in [-0.15, -0.1) is 13.2 Å². The average molecular weight is 312 g/mol. The van der Waals surface area contributed by atoms with E-state index in [-0.39, 0.29) is 5.75 Å². The summed E-state index contributed by atoms with van der Waals surface area (Å²) in [6.07, 6.45) is 5.52. The van der Waals surface area contributed by atoms with Crippen LogP contribution in [0.15, 0.2) is 49.6 Å². The number of hydrogen-bond acceptors (Lipinski definition) is 2. The Morgan fingerprint density at radius 2 is 1.70 bits per heavy atom. The van der Waals surface area contributed by atoms with Gasteiger partial charge in [-0.2, -0.15) is 0 Å². The SMILES string of the molecule is C=CCc1c(CC)cc(-c2ccc(O)c(F)c2)c(O)c1CC=C. The lowest BCUT2D eigenvalue weighted by Crippen LogP contribution is -2.01. The first kappa shape index (κ1) is 16.8. The van der Waals surface area contributed by atoms with E-state index >= 15 is 0 Å². The Balaban J connectivity index is 2.73. The van der Waals surface area contributed by atoms with Gasteiger partial charge in [-0.3, -0.25) is 0 Å². The normalized spacial score (nSPS) is 10.5. The van der Waals surface area contributed by atoms with Crippen LogP contribution in [0.4, 0.5) is 4.39 Å². The number of phenols is 2. The largest absolute Gasteiger partial charge is 0.507 e. The first-order valence-corrected chi connectivity index (χ1v) is 7.60. The predicted octanol–water partition coefficient (Wildman–Crippen LogP) is 4.92. The van der Waals surface area contributed by atoms with Gasteiger partial charge >= 0.3 is 0 Å². The van der Waals surface area contributed by atoms with Gasteiger partial charge in [0, 0.05) is 11.1 Å². The van der Waals surface area contributed by atoms with Gasteiger partial charge in [0.1, 0.15) is 5.75 Å². The molecule has 0 aliphatic rings. The molecule has 120 valence electrons. The molecule has 0 saturated carbocycles. The highest BCUT2D eigenvalue weighted by Gasteiger charge is 2.17. The van der Waals surface area contributed by atoms with Crippen LogP contribution >= 0.6 is 0 Å². The van der Waals surface area contributed by atoms with Crippen molar-refractivity contribution in [2.24, 2.45) is 0 Å². The lowest BCUT2D eigenvalue weighted by Gasteiger charge is -2.18. The zero-order valence-electron chi connectivity index (χ0n) is 13.3. The van der Waals surface area contributed by atoms with E-state index in [0.717, 1.165) is 23.1 Å². The summed E-state index contributed by atoms with van der Waals surface area (Å²) in [5.41, 5.74) is 4.02. The van der Waals surface area contributed by atoms with Gasteiger partial charge in [-0.1, -0.05) is 25.1 Å². The molecule has 0 saturated heterocycles. The van der Waals surface area contributed by atoms with Crippen molar-refractivity contribution in [3.05, 3.63) is 72.1 Å². The van der Waals surface area contributed by atoms with Crippen molar-refractivity contribution in [1.29, 1.82) is 0 Å². The minimum Gasteiger partial charge on any atom is -0.507 e. The molecule has 0 heterocycles. The molecule has 0 spiro atoms. The van der Waals surface area contributed by atoms with Gasteiger partial charge in [0.05, 0.1) is 0 Å². The highest BCUT2D eigenvalue weighted by atomic mass is 19.1. The third kappa shape index (κ3) is 3.29. The predicted molar refractivity (Wildman–Crippen MR) is 92.3 cm³/mol. The fourth-order valence-electron chi connectivity index (χ4n) is 2.80. The molecule has 2 N–H and O–H groups in total. The van der Waals surface area contributed by atoms with E-state index in [4.69, 9.17) is 0 Å². The summed E-state index contributed by atoms with van der Waals surface area (Å²) in [6.45, 7) is 9.57. The Morgan fingerprint density at radius 1 is 1.04 bits per heavy atom. The number of halogens is 1. The highest BCUT2D eigenvalue weighted by Crippen LogP contribution is 2.38. The number of aromatic hydroxyl groups is 2. The van der Waals surface area contributed by atoms with Crippen LogP contribution in [-0.2, 0) is 19.3 Å². The van der Waals surface area contributed by atoms with Gasteiger partial charge in [0.15, 0.2) is 11.6 Å². The molecule has 2 aromatic rings.